The van der Waals surface area contributed by atoms with Crippen molar-refractivity contribution in [2.75, 3.05) is 13.7 Å². The second kappa shape index (κ2) is 6.65. The summed E-state index contributed by atoms with van der Waals surface area (Å²) < 4.78 is 6.58. The zero-order valence-electron chi connectivity index (χ0n) is 12.6. The summed E-state index contributed by atoms with van der Waals surface area (Å²) in [5, 5.41) is 9.19. The van der Waals surface area contributed by atoms with Gasteiger partial charge in [-0.15, -0.1) is 0 Å². The molecule has 0 aromatic carbocycles. The van der Waals surface area contributed by atoms with Crippen molar-refractivity contribution in [1.29, 1.82) is 0 Å². The molecule has 1 aromatic rings. The number of rotatable bonds is 6. The third-order valence-corrected chi connectivity index (χ3v) is 3.59. The summed E-state index contributed by atoms with van der Waals surface area (Å²) in [5.74, 6) is -1.61. The van der Waals surface area contributed by atoms with E-state index in [0.29, 0.717) is 30.0 Å². The fourth-order valence-corrected chi connectivity index (χ4v) is 2.48. The number of hydrogen-bond donors (Lipinski definition) is 1. The summed E-state index contributed by atoms with van der Waals surface area (Å²) in [4.78, 5) is 27.3. The Bertz CT molecular complexity index is 551. The molecule has 0 amide bonds. The van der Waals surface area contributed by atoms with Crippen molar-refractivity contribution in [1.82, 2.24) is 9.55 Å². The summed E-state index contributed by atoms with van der Waals surface area (Å²) in [7, 11) is 1.60. The lowest BCUT2D eigenvalue weighted by Gasteiger charge is -2.22. The second-order valence-corrected chi connectivity index (χ2v) is 5.04. The highest BCUT2D eigenvalue weighted by Gasteiger charge is 2.23. The normalized spacial score (nSPS) is 14.1. The maximum atomic E-state index is 12.1. The van der Waals surface area contributed by atoms with Gasteiger partial charge in [0.1, 0.15) is 0 Å². The average molecular weight is 282 g/mol. The quantitative estimate of drug-likeness (QED) is 0.858. The van der Waals surface area contributed by atoms with Gasteiger partial charge in [-0.1, -0.05) is 0 Å². The molecule has 0 saturated carbocycles. The molecule has 6 heteroatoms. The van der Waals surface area contributed by atoms with Crippen LogP contribution >= 0.6 is 0 Å². The predicted octanol–water partition coefficient (Wildman–Crippen LogP) is 1.65. The number of aliphatic carboxylic acids is 1. The molecule has 2 unspecified atom stereocenters. The van der Waals surface area contributed by atoms with E-state index in [-0.39, 0.29) is 11.7 Å². The first-order valence-corrected chi connectivity index (χ1v) is 6.62. The molecule has 20 heavy (non-hydrogen) atoms. The number of carboxylic acids is 1. The third kappa shape index (κ3) is 3.25. The van der Waals surface area contributed by atoms with Crippen LogP contribution in [0.1, 0.15) is 49.2 Å². The van der Waals surface area contributed by atoms with Crippen LogP contribution in [0.5, 0.6) is 0 Å². The lowest BCUT2D eigenvalue weighted by Crippen LogP contribution is -2.31. The fraction of sp³-hybridized carbons (Fsp3) is 0.643. The molecule has 0 aliphatic carbocycles. The number of nitrogens with zero attached hydrogens (tertiary/aromatic N) is 2. The molecule has 1 N–H and O–H groups in total. The topological polar surface area (TPSA) is 81.4 Å². The third-order valence-electron chi connectivity index (χ3n) is 3.59. The first-order valence-electron chi connectivity index (χ1n) is 6.62. The Morgan fingerprint density at radius 2 is 2.00 bits per heavy atom. The van der Waals surface area contributed by atoms with Crippen LogP contribution in [0.2, 0.25) is 0 Å². The lowest BCUT2D eigenvalue weighted by atomic mass is 9.97. The summed E-state index contributed by atoms with van der Waals surface area (Å²) in [6.07, 6.45) is 0.670. The van der Waals surface area contributed by atoms with E-state index in [4.69, 9.17) is 4.74 Å². The molecule has 1 heterocycles. The molecule has 2 atom stereocenters. The summed E-state index contributed by atoms with van der Waals surface area (Å²) in [6, 6.07) is -0.0877. The van der Waals surface area contributed by atoms with Crippen molar-refractivity contribution in [2.45, 2.75) is 46.1 Å². The minimum absolute atomic E-state index is 0.0877. The van der Waals surface area contributed by atoms with Gasteiger partial charge in [0.05, 0.1) is 5.92 Å². The molecule has 0 fully saturated rings. The number of aromatic nitrogens is 2. The average Bonchev–Trinajstić information content (AvgIpc) is 2.35. The Morgan fingerprint density at radius 1 is 1.40 bits per heavy atom. The summed E-state index contributed by atoms with van der Waals surface area (Å²) in [6.45, 7) is 7.49. The van der Waals surface area contributed by atoms with Gasteiger partial charge in [0.25, 0.3) is 0 Å². The van der Waals surface area contributed by atoms with Crippen molar-refractivity contribution in [3.63, 3.8) is 0 Å². The molecule has 0 aliphatic heterocycles. The number of hydrogen-bond acceptors (Lipinski definition) is 4. The molecule has 0 saturated heterocycles. The number of carboxylic acid groups (broad SMARTS) is 1. The van der Waals surface area contributed by atoms with E-state index < -0.39 is 11.9 Å². The van der Waals surface area contributed by atoms with Gasteiger partial charge in [0, 0.05) is 36.7 Å². The maximum absolute atomic E-state index is 12.1. The second-order valence-electron chi connectivity index (χ2n) is 5.04. The molecule has 112 valence electrons. The van der Waals surface area contributed by atoms with Crippen LogP contribution < -0.4 is 5.69 Å². The molecule has 0 aliphatic rings. The van der Waals surface area contributed by atoms with Crippen LogP contribution in [0.4, 0.5) is 0 Å². The zero-order valence-corrected chi connectivity index (χ0v) is 12.6. The van der Waals surface area contributed by atoms with Gasteiger partial charge in [-0.25, -0.2) is 4.79 Å². The van der Waals surface area contributed by atoms with Gasteiger partial charge in [-0.3, -0.25) is 9.36 Å². The van der Waals surface area contributed by atoms with Gasteiger partial charge in [0.15, 0.2) is 0 Å². The number of aryl methyl sites for hydroxylation is 1. The van der Waals surface area contributed by atoms with Gasteiger partial charge in [-0.05, 0) is 34.1 Å². The Labute approximate surface area is 118 Å². The van der Waals surface area contributed by atoms with Crippen LogP contribution in [0, 0.1) is 13.8 Å². The van der Waals surface area contributed by atoms with Crippen molar-refractivity contribution in [3.8, 4) is 0 Å². The van der Waals surface area contributed by atoms with Crippen molar-refractivity contribution < 1.29 is 14.6 Å². The van der Waals surface area contributed by atoms with Gasteiger partial charge >= 0.3 is 11.7 Å². The SMILES string of the molecule is COCCC(C)n1c(C)c(C(C)C(=O)O)c(C)nc1=O. The molecular formula is C14H22N2O4. The van der Waals surface area contributed by atoms with Crippen molar-refractivity contribution in [3.05, 3.63) is 27.4 Å². The minimum Gasteiger partial charge on any atom is -0.481 e. The van der Waals surface area contributed by atoms with E-state index in [1.165, 1.54) is 0 Å². The van der Waals surface area contributed by atoms with E-state index in [1.807, 2.05) is 6.92 Å². The van der Waals surface area contributed by atoms with E-state index in [2.05, 4.69) is 4.98 Å². The monoisotopic (exact) mass is 282 g/mol. The van der Waals surface area contributed by atoms with Crippen molar-refractivity contribution >= 4 is 5.97 Å². The highest BCUT2D eigenvalue weighted by atomic mass is 16.5. The minimum atomic E-state index is -0.923. The summed E-state index contributed by atoms with van der Waals surface area (Å²) in [5.41, 5.74) is 1.42. The van der Waals surface area contributed by atoms with E-state index in [0.717, 1.165) is 0 Å². The van der Waals surface area contributed by atoms with Crippen LogP contribution in [0.25, 0.3) is 0 Å². The molecule has 0 spiro atoms. The van der Waals surface area contributed by atoms with E-state index >= 15 is 0 Å². The lowest BCUT2D eigenvalue weighted by molar-refractivity contribution is -0.138. The Kier molecular flexibility index (Phi) is 5.44. The van der Waals surface area contributed by atoms with Gasteiger partial charge in [-0.2, -0.15) is 4.98 Å². The van der Waals surface area contributed by atoms with Crippen LogP contribution in [-0.4, -0.2) is 34.3 Å². The molecule has 0 radical (unpaired) electrons. The first-order chi connectivity index (χ1) is 9.31. The molecule has 1 rings (SSSR count). The Morgan fingerprint density at radius 3 is 2.50 bits per heavy atom. The van der Waals surface area contributed by atoms with E-state index in [9.17, 15) is 14.7 Å². The van der Waals surface area contributed by atoms with Crippen LogP contribution in [-0.2, 0) is 9.53 Å². The number of carbonyl (C=O) groups is 1. The smallest absolute Gasteiger partial charge is 0.348 e. The molecule has 0 bridgehead atoms. The number of methoxy groups -OCH3 is 1. The van der Waals surface area contributed by atoms with Gasteiger partial charge < -0.3 is 9.84 Å². The number of ether oxygens (including phenoxy) is 1. The Balaban J connectivity index is 3.36. The Hall–Kier alpha value is -1.69. The van der Waals surface area contributed by atoms with Crippen molar-refractivity contribution in [2.24, 2.45) is 0 Å². The zero-order chi connectivity index (χ0) is 15.4. The van der Waals surface area contributed by atoms with Crippen LogP contribution in [0.3, 0.4) is 0 Å². The van der Waals surface area contributed by atoms with Crippen LogP contribution in [0.15, 0.2) is 4.79 Å². The highest BCUT2D eigenvalue weighted by molar-refractivity contribution is 5.76. The summed E-state index contributed by atoms with van der Waals surface area (Å²) >= 11 is 0. The standard InChI is InChI=1S/C14H22N2O4/c1-8(6-7-20-5)16-11(4)12(9(2)13(17)18)10(3)15-14(16)19/h8-9H,6-7H2,1-5H3,(H,17,18). The molecule has 6 nitrogen and oxygen atoms in total. The van der Waals surface area contributed by atoms with E-state index in [1.54, 1.807) is 32.4 Å². The first kappa shape index (κ1) is 16.4. The largest absolute Gasteiger partial charge is 0.481 e. The predicted molar refractivity (Wildman–Crippen MR) is 75.2 cm³/mol. The fourth-order valence-electron chi connectivity index (χ4n) is 2.48. The molecule has 1 aromatic heterocycles. The molecular weight excluding hydrogens is 260 g/mol. The maximum Gasteiger partial charge on any atom is 0.348 e. The van der Waals surface area contributed by atoms with Gasteiger partial charge in [0.2, 0.25) is 0 Å². The highest BCUT2D eigenvalue weighted by Crippen LogP contribution is 2.23.